The molecule has 0 spiro atoms. The minimum Gasteiger partial charge on any atom is -0.756 e. The number of hydrogen-bond acceptors (Lipinski definition) is 7. The van der Waals surface area contributed by atoms with Crippen LogP contribution in [0.5, 0.6) is 0 Å². The van der Waals surface area contributed by atoms with Crippen LogP contribution < -0.4 is 4.89 Å². The number of ether oxygens (including phenoxy) is 1. The first-order chi connectivity index (χ1) is 18.1. The molecule has 0 rings (SSSR count). The normalized spacial score (nSPS) is 14.8. The van der Waals surface area contributed by atoms with Crippen LogP contribution in [-0.4, -0.2) is 69.2 Å². The minimum atomic E-state index is -4.50. The highest BCUT2D eigenvalue weighted by Crippen LogP contribution is 2.38. The molecule has 8 nitrogen and oxygen atoms in total. The third kappa shape index (κ3) is 28.0. The molecule has 0 radical (unpaired) electrons. The summed E-state index contributed by atoms with van der Waals surface area (Å²) in [5.74, 6) is -0.397. The molecule has 0 saturated heterocycles. The summed E-state index contributed by atoms with van der Waals surface area (Å²) >= 11 is 0. The van der Waals surface area contributed by atoms with E-state index in [-0.39, 0.29) is 13.2 Å². The van der Waals surface area contributed by atoms with Crippen molar-refractivity contribution in [2.45, 2.75) is 109 Å². The minimum absolute atomic E-state index is 0.00981. The summed E-state index contributed by atoms with van der Waals surface area (Å²) in [6.45, 7) is 1.91. The Balaban J connectivity index is 3.57. The highest BCUT2D eigenvalue weighted by molar-refractivity contribution is 7.45. The fourth-order valence-corrected chi connectivity index (χ4v) is 4.30. The second kappa shape index (κ2) is 23.8. The van der Waals surface area contributed by atoms with Crippen molar-refractivity contribution in [2.24, 2.45) is 0 Å². The van der Waals surface area contributed by atoms with Crippen LogP contribution in [0.25, 0.3) is 0 Å². The van der Waals surface area contributed by atoms with Crippen molar-refractivity contribution < 1.29 is 37.6 Å². The summed E-state index contributed by atoms with van der Waals surface area (Å²) < 4.78 is 26.7. The molecule has 0 saturated carbocycles. The molecular formula is C29H56NO7P. The SMILES string of the molecule is CCCCCC/C=C\C/C=C\CCCCCCCCCC(=O)OCC(O)COP(=O)([O-])OCC[N+](C)(C)C. The van der Waals surface area contributed by atoms with Gasteiger partial charge in [0.25, 0.3) is 7.82 Å². The van der Waals surface area contributed by atoms with Crippen molar-refractivity contribution in [3.8, 4) is 0 Å². The number of allylic oxidation sites excluding steroid dienone is 4. The Morgan fingerprint density at radius 2 is 1.39 bits per heavy atom. The van der Waals surface area contributed by atoms with Crippen molar-refractivity contribution in [3.05, 3.63) is 24.3 Å². The van der Waals surface area contributed by atoms with Gasteiger partial charge in [0.05, 0.1) is 27.7 Å². The van der Waals surface area contributed by atoms with Crippen LogP contribution in [0.2, 0.25) is 0 Å². The maximum atomic E-state index is 11.8. The van der Waals surface area contributed by atoms with Crippen molar-refractivity contribution in [1.82, 2.24) is 0 Å². The molecule has 0 fully saturated rings. The Bertz CT molecular complexity index is 676. The van der Waals surface area contributed by atoms with Gasteiger partial charge in [-0.15, -0.1) is 0 Å². The molecule has 0 aromatic rings. The van der Waals surface area contributed by atoms with E-state index in [2.05, 4.69) is 35.8 Å². The molecule has 2 atom stereocenters. The number of carbonyl (C=O) groups excluding carboxylic acids is 1. The first-order valence-electron chi connectivity index (χ1n) is 14.6. The van der Waals surface area contributed by atoms with Gasteiger partial charge in [-0.05, 0) is 38.5 Å². The largest absolute Gasteiger partial charge is 0.756 e. The Morgan fingerprint density at radius 3 is 1.97 bits per heavy atom. The predicted octanol–water partition coefficient (Wildman–Crippen LogP) is 6.08. The van der Waals surface area contributed by atoms with Crippen molar-refractivity contribution in [1.29, 1.82) is 0 Å². The predicted molar refractivity (Wildman–Crippen MR) is 153 cm³/mol. The van der Waals surface area contributed by atoms with Crippen molar-refractivity contribution >= 4 is 13.8 Å². The topological polar surface area (TPSA) is 105 Å². The third-order valence-corrected chi connectivity index (χ3v) is 6.92. The standard InChI is InChI=1S/C29H56NO7P/c1-5-6-7-8-9-10-11-12-13-14-15-16-17-18-19-20-21-22-23-29(32)35-26-28(31)27-37-38(33,34)36-25-24-30(2,3)4/h10-11,13-14,28,31H,5-9,12,15-27H2,1-4H3/b11-10-,14-13-. The van der Waals surface area contributed by atoms with E-state index in [0.717, 1.165) is 32.1 Å². The number of unbranched alkanes of at least 4 members (excludes halogenated alkanes) is 11. The van der Waals surface area contributed by atoms with E-state index < -0.39 is 26.5 Å². The Morgan fingerprint density at radius 1 is 0.842 bits per heavy atom. The van der Waals surface area contributed by atoms with Gasteiger partial charge in [-0.2, -0.15) is 0 Å². The fraction of sp³-hybridized carbons (Fsp3) is 0.828. The fourth-order valence-electron chi connectivity index (χ4n) is 3.56. The van der Waals surface area contributed by atoms with Gasteiger partial charge < -0.3 is 28.3 Å². The number of carbonyl (C=O) groups is 1. The van der Waals surface area contributed by atoms with Crippen molar-refractivity contribution in [3.63, 3.8) is 0 Å². The number of rotatable bonds is 26. The molecular weight excluding hydrogens is 505 g/mol. The van der Waals surface area contributed by atoms with Gasteiger partial charge in [0.15, 0.2) is 0 Å². The number of quaternary nitrogens is 1. The number of esters is 1. The molecule has 9 heteroatoms. The van der Waals surface area contributed by atoms with E-state index in [1.807, 2.05) is 21.1 Å². The molecule has 0 amide bonds. The van der Waals surface area contributed by atoms with Crippen LogP contribution in [0.3, 0.4) is 0 Å². The summed E-state index contributed by atoms with van der Waals surface area (Å²) in [6, 6.07) is 0. The van der Waals surface area contributed by atoms with E-state index in [0.29, 0.717) is 17.4 Å². The molecule has 0 bridgehead atoms. The molecule has 0 aliphatic rings. The lowest BCUT2D eigenvalue weighted by atomic mass is 10.1. The zero-order chi connectivity index (χ0) is 28.5. The molecule has 38 heavy (non-hydrogen) atoms. The van der Waals surface area contributed by atoms with Gasteiger partial charge in [-0.3, -0.25) is 9.36 Å². The number of phosphoric acid groups is 1. The monoisotopic (exact) mass is 561 g/mol. The third-order valence-electron chi connectivity index (χ3n) is 5.95. The number of aliphatic hydroxyl groups is 1. The molecule has 224 valence electrons. The number of hydrogen-bond donors (Lipinski definition) is 1. The summed E-state index contributed by atoms with van der Waals surface area (Å²) in [7, 11) is 1.24. The van der Waals surface area contributed by atoms with E-state index in [1.54, 1.807) is 0 Å². The summed E-state index contributed by atoms with van der Waals surface area (Å²) in [4.78, 5) is 23.5. The molecule has 0 aliphatic heterocycles. The summed E-state index contributed by atoms with van der Waals surface area (Å²) in [5, 5.41) is 9.82. The van der Waals surface area contributed by atoms with E-state index >= 15 is 0 Å². The summed E-state index contributed by atoms with van der Waals surface area (Å²) in [5.41, 5.74) is 0. The maximum absolute atomic E-state index is 11.8. The Labute approximate surface area is 232 Å². The van der Waals surface area contributed by atoms with Crippen LogP contribution in [0.1, 0.15) is 103 Å². The molecule has 0 aromatic heterocycles. The van der Waals surface area contributed by atoms with Crippen LogP contribution >= 0.6 is 7.82 Å². The second-order valence-electron chi connectivity index (χ2n) is 11.0. The van der Waals surface area contributed by atoms with E-state index in [1.165, 1.54) is 57.8 Å². The van der Waals surface area contributed by atoms with Crippen LogP contribution in [0, 0.1) is 0 Å². The second-order valence-corrected chi connectivity index (χ2v) is 12.4. The zero-order valence-corrected chi connectivity index (χ0v) is 25.5. The van der Waals surface area contributed by atoms with Gasteiger partial charge in [0, 0.05) is 6.42 Å². The zero-order valence-electron chi connectivity index (χ0n) is 24.6. The molecule has 0 aromatic carbocycles. The van der Waals surface area contributed by atoms with Crippen LogP contribution in [-0.2, 0) is 23.1 Å². The van der Waals surface area contributed by atoms with Crippen LogP contribution in [0.4, 0.5) is 0 Å². The highest BCUT2D eigenvalue weighted by Gasteiger charge is 2.16. The van der Waals surface area contributed by atoms with E-state index in [9.17, 15) is 19.4 Å². The first kappa shape index (κ1) is 37.0. The Hall–Kier alpha value is -1.02. The lowest BCUT2D eigenvalue weighted by Gasteiger charge is -2.27. The molecule has 2 unspecified atom stereocenters. The lowest BCUT2D eigenvalue weighted by molar-refractivity contribution is -0.870. The molecule has 1 N–H and O–H groups in total. The maximum Gasteiger partial charge on any atom is 0.305 e. The number of phosphoric ester groups is 1. The van der Waals surface area contributed by atoms with Gasteiger partial charge in [0.2, 0.25) is 0 Å². The number of aliphatic hydroxyl groups excluding tert-OH is 1. The van der Waals surface area contributed by atoms with Gasteiger partial charge in [0.1, 0.15) is 25.9 Å². The molecule has 0 aliphatic carbocycles. The number of nitrogens with zero attached hydrogens (tertiary/aromatic N) is 1. The number of likely N-dealkylation sites (N-methyl/N-ethyl adjacent to an activating group) is 1. The van der Waals surface area contributed by atoms with Crippen LogP contribution in [0.15, 0.2) is 24.3 Å². The smallest absolute Gasteiger partial charge is 0.305 e. The van der Waals surface area contributed by atoms with Gasteiger partial charge >= 0.3 is 5.97 Å². The highest BCUT2D eigenvalue weighted by atomic mass is 31.2. The van der Waals surface area contributed by atoms with Gasteiger partial charge in [-0.1, -0.05) is 82.6 Å². The first-order valence-corrected chi connectivity index (χ1v) is 16.1. The van der Waals surface area contributed by atoms with Gasteiger partial charge in [-0.25, -0.2) is 0 Å². The average Bonchev–Trinajstić information content (AvgIpc) is 2.84. The average molecular weight is 562 g/mol. The quantitative estimate of drug-likeness (QED) is 0.0448. The lowest BCUT2D eigenvalue weighted by Crippen LogP contribution is -2.37. The summed E-state index contributed by atoms with van der Waals surface area (Å²) in [6.07, 6.45) is 24.5. The van der Waals surface area contributed by atoms with E-state index in [4.69, 9.17) is 9.26 Å². The Kier molecular flexibility index (Phi) is 23.2. The molecule has 0 heterocycles. The van der Waals surface area contributed by atoms with Crippen molar-refractivity contribution in [2.75, 3.05) is 47.5 Å².